The summed E-state index contributed by atoms with van der Waals surface area (Å²) in [5.74, 6) is -1.44. The lowest BCUT2D eigenvalue weighted by Gasteiger charge is -2.36. The summed E-state index contributed by atoms with van der Waals surface area (Å²) in [4.78, 5) is 14.3. The first-order chi connectivity index (χ1) is 14.1. The van der Waals surface area contributed by atoms with Gasteiger partial charge in [0.15, 0.2) is 11.6 Å². The molecule has 2 fully saturated rings. The maximum Gasteiger partial charge on any atom is 0.256 e. The molecule has 0 radical (unpaired) electrons. The van der Waals surface area contributed by atoms with Crippen LogP contribution in [0.1, 0.15) is 35.2 Å². The molecule has 6 heteroatoms. The molecule has 2 aromatic carbocycles. The Bertz CT molecular complexity index is 837. The van der Waals surface area contributed by atoms with Crippen LogP contribution in [-0.4, -0.2) is 36.5 Å². The fraction of sp³-hybridized carbons (Fsp3) is 0.435. The van der Waals surface area contributed by atoms with E-state index in [2.05, 4.69) is 35.1 Å². The molecule has 4 rings (SSSR count). The zero-order chi connectivity index (χ0) is 20.2. The molecule has 0 bridgehead atoms. The zero-order valence-electron chi connectivity index (χ0n) is 16.4. The van der Waals surface area contributed by atoms with Crippen LogP contribution in [0.15, 0.2) is 48.5 Å². The molecule has 2 heterocycles. The highest BCUT2D eigenvalue weighted by Crippen LogP contribution is 2.30. The van der Waals surface area contributed by atoms with Crippen LogP contribution in [0.5, 0.6) is 0 Å². The molecule has 2 atom stereocenters. The molecule has 2 unspecified atom stereocenters. The highest BCUT2D eigenvalue weighted by Gasteiger charge is 2.36. The van der Waals surface area contributed by atoms with Gasteiger partial charge in [-0.15, -0.1) is 0 Å². The zero-order valence-corrected chi connectivity index (χ0v) is 16.4. The van der Waals surface area contributed by atoms with Gasteiger partial charge < -0.3 is 4.90 Å². The Labute approximate surface area is 170 Å². The minimum absolute atomic E-state index is 0.176. The number of piperidine rings is 1. The quantitative estimate of drug-likeness (QED) is 0.808. The van der Waals surface area contributed by atoms with Crippen LogP contribution in [0.2, 0.25) is 0 Å². The van der Waals surface area contributed by atoms with E-state index >= 15 is 0 Å². The molecular formula is C23H27F2N3O. The summed E-state index contributed by atoms with van der Waals surface area (Å²) in [6.07, 6.45) is 3.90. The van der Waals surface area contributed by atoms with Crippen LogP contribution in [-0.2, 0) is 6.42 Å². The summed E-state index contributed by atoms with van der Waals surface area (Å²) in [6.45, 7) is 2.09. The van der Waals surface area contributed by atoms with Crippen LogP contribution in [0.4, 0.5) is 8.78 Å². The first kappa shape index (κ1) is 20.0. The number of carbonyl (C=O) groups is 1. The number of hydrazine groups is 1. The van der Waals surface area contributed by atoms with Crippen LogP contribution in [0.3, 0.4) is 0 Å². The molecule has 0 saturated carbocycles. The fourth-order valence-electron chi connectivity index (χ4n) is 4.63. The normalized spacial score (nSPS) is 22.8. The van der Waals surface area contributed by atoms with Gasteiger partial charge in [-0.1, -0.05) is 36.4 Å². The lowest BCUT2D eigenvalue weighted by atomic mass is 9.81. The monoisotopic (exact) mass is 399 g/mol. The molecule has 4 nitrogen and oxygen atoms in total. The van der Waals surface area contributed by atoms with E-state index in [9.17, 15) is 13.6 Å². The molecular weight excluding hydrogens is 372 g/mol. The number of halogens is 2. The summed E-state index contributed by atoms with van der Waals surface area (Å²) < 4.78 is 27.4. The van der Waals surface area contributed by atoms with Crippen molar-refractivity contribution in [2.45, 2.75) is 31.7 Å². The van der Waals surface area contributed by atoms with Crippen molar-refractivity contribution in [3.05, 3.63) is 71.3 Å². The minimum Gasteiger partial charge on any atom is -0.339 e. The number of rotatable bonds is 5. The van der Waals surface area contributed by atoms with Crippen molar-refractivity contribution < 1.29 is 13.6 Å². The Balaban J connectivity index is 1.32. The second kappa shape index (κ2) is 9.01. The number of hydrogen-bond acceptors (Lipinski definition) is 3. The molecule has 2 N–H and O–H groups in total. The maximum atomic E-state index is 14.0. The average molecular weight is 399 g/mol. The molecule has 0 spiro atoms. The number of nitrogens with zero attached hydrogens (tertiary/aromatic N) is 1. The Hall–Kier alpha value is -2.31. The van der Waals surface area contributed by atoms with E-state index in [0.29, 0.717) is 31.0 Å². The second-order valence-corrected chi connectivity index (χ2v) is 8.07. The van der Waals surface area contributed by atoms with Gasteiger partial charge in [-0.05, 0) is 55.2 Å². The molecule has 0 aliphatic carbocycles. The van der Waals surface area contributed by atoms with Crippen LogP contribution in [0.25, 0.3) is 0 Å². The van der Waals surface area contributed by atoms with Crippen LogP contribution < -0.4 is 10.9 Å². The smallest absolute Gasteiger partial charge is 0.256 e. The van der Waals surface area contributed by atoms with Gasteiger partial charge in [-0.2, -0.15) is 0 Å². The van der Waals surface area contributed by atoms with E-state index in [-0.39, 0.29) is 5.56 Å². The molecule has 154 valence electrons. The number of benzene rings is 2. The van der Waals surface area contributed by atoms with Gasteiger partial charge in [0.1, 0.15) is 0 Å². The van der Waals surface area contributed by atoms with Gasteiger partial charge in [-0.25, -0.2) is 8.78 Å². The van der Waals surface area contributed by atoms with Gasteiger partial charge in [0.05, 0.1) is 5.56 Å². The first-order valence-electron chi connectivity index (χ1n) is 10.4. The van der Waals surface area contributed by atoms with Gasteiger partial charge in [-0.3, -0.25) is 15.6 Å². The Morgan fingerprint density at radius 2 is 1.79 bits per heavy atom. The van der Waals surface area contributed by atoms with Crippen molar-refractivity contribution in [3.8, 4) is 0 Å². The van der Waals surface area contributed by atoms with Crippen molar-refractivity contribution in [3.63, 3.8) is 0 Å². The standard InChI is InChI=1S/C23H27F2N3O/c24-20-8-4-7-19(21(20)25)23(29)28-13-11-17(12-14-28)22-18(15-26-27-22)10-9-16-5-2-1-3-6-16/h1-8,17-18,22,26-27H,9-15H2. The maximum absolute atomic E-state index is 14.0. The number of likely N-dealkylation sites (tertiary alicyclic amines) is 1. The van der Waals surface area contributed by atoms with Crippen LogP contribution in [0, 0.1) is 23.5 Å². The van der Waals surface area contributed by atoms with E-state index in [1.807, 2.05) is 6.07 Å². The Kier molecular flexibility index (Phi) is 6.21. The molecule has 0 aromatic heterocycles. The molecule has 1 amide bonds. The third-order valence-electron chi connectivity index (χ3n) is 6.30. The summed E-state index contributed by atoms with van der Waals surface area (Å²) in [5.41, 5.74) is 7.93. The first-order valence-corrected chi connectivity index (χ1v) is 10.4. The van der Waals surface area contributed by atoms with Crippen molar-refractivity contribution >= 4 is 5.91 Å². The van der Waals surface area contributed by atoms with Crippen molar-refractivity contribution in [1.29, 1.82) is 0 Å². The van der Waals surface area contributed by atoms with Crippen molar-refractivity contribution in [2.75, 3.05) is 19.6 Å². The van der Waals surface area contributed by atoms with Crippen molar-refractivity contribution in [2.24, 2.45) is 11.8 Å². The molecule has 2 saturated heterocycles. The van der Waals surface area contributed by atoms with Crippen LogP contribution >= 0.6 is 0 Å². The number of nitrogens with one attached hydrogen (secondary N) is 2. The third kappa shape index (κ3) is 4.49. The number of aryl methyl sites for hydroxylation is 1. The van der Waals surface area contributed by atoms with E-state index in [4.69, 9.17) is 0 Å². The second-order valence-electron chi connectivity index (χ2n) is 8.07. The summed E-state index contributed by atoms with van der Waals surface area (Å²) in [6, 6.07) is 14.7. The SMILES string of the molecule is O=C(c1cccc(F)c1F)N1CCC(C2NNCC2CCc2ccccc2)CC1. The molecule has 2 aromatic rings. The van der Waals surface area contributed by atoms with Gasteiger partial charge >= 0.3 is 0 Å². The predicted molar refractivity (Wildman–Crippen MR) is 108 cm³/mol. The summed E-state index contributed by atoms with van der Waals surface area (Å²) in [7, 11) is 0. The number of carbonyl (C=O) groups excluding carboxylic acids is 1. The topological polar surface area (TPSA) is 44.4 Å². The van der Waals surface area contributed by atoms with E-state index < -0.39 is 17.5 Å². The largest absolute Gasteiger partial charge is 0.339 e. The van der Waals surface area contributed by atoms with Gasteiger partial charge in [0, 0.05) is 25.7 Å². The van der Waals surface area contributed by atoms with Crippen molar-refractivity contribution in [1.82, 2.24) is 15.8 Å². The Morgan fingerprint density at radius 3 is 2.55 bits per heavy atom. The average Bonchev–Trinajstić information content (AvgIpc) is 3.23. The number of hydrogen-bond donors (Lipinski definition) is 2. The van der Waals surface area contributed by atoms with E-state index in [1.54, 1.807) is 4.90 Å². The minimum atomic E-state index is -1.05. The summed E-state index contributed by atoms with van der Waals surface area (Å²) in [5, 5.41) is 0. The number of amides is 1. The summed E-state index contributed by atoms with van der Waals surface area (Å²) >= 11 is 0. The third-order valence-corrected chi connectivity index (χ3v) is 6.30. The lowest BCUT2D eigenvalue weighted by Crippen LogP contribution is -2.46. The Morgan fingerprint density at radius 1 is 1.03 bits per heavy atom. The molecule has 29 heavy (non-hydrogen) atoms. The molecule has 2 aliphatic rings. The predicted octanol–water partition coefficient (Wildman–Crippen LogP) is 3.54. The highest BCUT2D eigenvalue weighted by molar-refractivity contribution is 5.94. The molecule has 2 aliphatic heterocycles. The lowest BCUT2D eigenvalue weighted by molar-refractivity contribution is 0.0656. The highest BCUT2D eigenvalue weighted by atomic mass is 19.2. The fourth-order valence-corrected chi connectivity index (χ4v) is 4.63. The van der Waals surface area contributed by atoms with Gasteiger partial charge in [0.2, 0.25) is 0 Å². The van der Waals surface area contributed by atoms with E-state index in [0.717, 1.165) is 38.3 Å². The van der Waals surface area contributed by atoms with E-state index in [1.165, 1.54) is 17.7 Å². The van der Waals surface area contributed by atoms with Gasteiger partial charge in [0.25, 0.3) is 5.91 Å².